The zero-order chi connectivity index (χ0) is 12.8. The van der Waals surface area contributed by atoms with Gasteiger partial charge in [-0.2, -0.15) is 0 Å². The van der Waals surface area contributed by atoms with E-state index in [-0.39, 0.29) is 0 Å². The van der Waals surface area contributed by atoms with Gasteiger partial charge in [-0.3, -0.25) is 4.98 Å². The Morgan fingerprint density at radius 1 is 1.11 bits per heavy atom. The molecule has 18 heavy (non-hydrogen) atoms. The second kappa shape index (κ2) is 6.38. The largest absolute Gasteiger partial charge is 0.491 e. The number of benzene rings is 1. The third-order valence-corrected chi connectivity index (χ3v) is 2.75. The van der Waals surface area contributed by atoms with Crippen LogP contribution in [0.1, 0.15) is 0 Å². The Labute approximate surface area is 111 Å². The van der Waals surface area contributed by atoms with Crippen molar-refractivity contribution >= 4 is 11.6 Å². The van der Waals surface area contributed by atoms with Crippen LogP contribution in [0.25, 0.3) is 11.3 Å². The Hall–Kier alpha value is -1.58. The molecule has 4 heteroatoms. The summed E-state index contributed by atoms with van der Waals surface area (Å²) in [6, 6.07) is 11.3. The smallest absolute Gasteiger partial charge is 0.119 e. The minimum Gasteiger partial charge on any atom is -0.491 e. The molecule has 0 saturated heterocycles. The summed E-state index contributed by atoms with van der Waals surface area (Å²) in [5.41, 5.74) is 1.75. The highest BCUT2D eigenvalue weighted by Crippen LogP contribution is 2.26. The maximum Gasteiger partial charge on any atom is 0.119 e. The van der Waals surface area contributed by atoms with Gasteiger partial charge in [-0.1, -0.05) is 11.6 Å². The molecule has 0 saturated carbocycles. The number of ether oxygens (including phenoxy) is 2. The van der Waals surface area contributed by atoms with Crippen molar-refractivity contribution in [3.63, 3.8) is 0 Å². The predicted octanol–water partition coefficient (Wildman–Crippen LogP) is 3.43. The molecule has 0 bridgehead atoms. The number of hydrogen-bond acceptors (Lipinski definition) is 3. The second-order valence-electron chi connectivity index (χ2n) is 3.70. The highest BCUT2D eigenvalue weighted by Gasteiger charge is 2.04. The number of pyridine rings is 1. The van der Waals surface area contributed by atoms with Gasteiger partial charge < -0.3 is 9.47 Å². The maximum atomic E-state index is 6.09. The average Bonchev–Trinajstić information content (AvgIpc) is 2.41. The molecule has 3 nitrogen and oxygen atoms in total. The van der Waals surface area contributed by atoms with Crippen LogP contribution in [0.15, 0.2) is 42.6 Å². The Kier molecular flexibility index (Phi) is 4.56. The van der Waals surface area contributed by atoms with E-state index in [4.69, 9.17) is 21.1 Å². The van der Waals surface area contributed by atoms with E-state index in [0.717, 1.165) is 17.0 Å². The Balaban J connectivity index is 2.10. The molecule has 0 aliphatic rings. The minimum absolute atomic E-state index is 0.542. The summed E-state index contributed by atoms with van der Waals surface area (Å²) in [7, 11) is 1.65. The summed E-state index contributed by atoms with van der Waals surface area (Å²) in [5, 5.41) is 0.644. The zero-order valence-electron chi connectivity index (χ0n) is 10.1. The average molecular weight is 264 g/mol. The van der Waals surface area contributed by atoms with E-state index >= 15 is 0 Å². The molecule has 1 aromatic carbocycles. The van der Waals surface area contributed by atoms with Crippen LogP contribution < -0.4 is 4.74 Å². The summed E-state index contributed by atoms with van der Waals surface area (Å²) in [6.07, 6.45) is 1.73. The Bertz CT molecular complexity index is 499. The molecule has 0 radical (unpaired) electrons. The second-order valence-corrected chi connectivity index (χ2v) is 4.11. The normalized spacial score (nSPS) is 10.3. The van der Waals surface area contributed by atoms with Crippen LogP contribution >= 0.6 is 11.6 Å². The first-order valence-corrected chi connectivity index (χ1v) is 6.02. The van der Waals surface area contributed by atoms with Gasteiger partial charge in [0.05, 0.1) is 17.3 Å². The number of nitrogens with zero attached hydrogens (tertiary/aromatic N) is 1. The number of methoxy groups -OCH3 is 1. The lowest BCUT2D eigenvalue weighted by atomic mass is 10.1. The first kappa shape index (κ1) is 12.9. The van der Waals surface area contributed by atoms with Crippen LogP contribution in [0.2, 0.25) is 5.02 Å². The van der Waals surface area contributed by atoms with Crippen molar-refractivity contribution in [2.45, 2.75) is 0 Å². The van der Waals surface area contributed by atoms with E-state index < -0.39 is 0 Å². The molecule has 0 amide bonds. The van der Waals surface area contributed by atoms with Crippen molar-refractivity contribution in [3.05, 3.63) is 47.6 Å². The van der Waals surface area contributed by atoms with E-state index in [2.05, 4.69) is 4.98 Å². The lowest BCUT2D eigenvalue weighted by molar-refractivity contribution is 0.146. The Morgan fingerprint density at radius 2 is 1.89 bits per heavy atom. The van der Waals surface area contributed by atoms with Crippen molar-refractivity contribution in [3.8, 4) is 17.0 Å². The molecule has 0 aliphatic carbocycles. The van der Waals surface area contributed by atoms with Gasteiger partial charge in [0, 0.05) is 18.9 Å². The van der Waals surface area contributed by atoms with Gasteiger partial charge in [0.2, 0.25) is 0 Å². The molecule has 0 N–H and O–H groups in total. The fourth-order valence-corrected chi connectivity index (χ4v) is 1.78. The SMILES string of the molecule is COCCOc1ccc(-c2ncccc2Cl)cc1. The third-order valence-electron chi connectivity index (χ3n) is 2.44. The highest BCUT2D eigenvalue weighted by molar-refractivity contribution is 6.33. The van der Waals surface area contributed by atoms with Crippen LogP contribution in [0.4, 0.5) is 0 Å². The van der Waals surface area contributed by atoms with E-state index in [1.807, 2.05) is 36.4 Å². The summed E-state index contributed by atoms with van der Waals surface area (Å²) in [5.74, 6) is 0.808. The van der Waals surface area contributed by atoms with Gasteiger partial charge in [-0.25, -0.2) is 0 Å². The van der Waals surface area contributed by atoms with Crippen molar-refractivity contribution in [1.82, 2.24) is 4.98 Å². The minimum atomic E-state index is 0.542. The van der Waals surface area contributed by atoms with Crippen LogP contribution in [0.3, 0.4) is 0 Å². The monoisotopic (exact) mass is 263 g/mol. The molecule has 0 fully saturated rings. The van der Waals surface area contributed by atoms with Crippen molar-refractivity contribution in [1.29, 1.82) is 0 Å². The molecular formula is C14H14ClNO2. The molecule has 94 valence electrons. The van der Waals surface area contributed by atoms with Gasteiger partial charge in [0.15, 0.2) is 0 Å². The third kappa shape index (κ3) is 3.22. The molecule has 1 aromatic heterocycles. The molecule has 2 rings (SSSR count). The van der Waals surface area contributed by atoms with Gasteiger partial charge in [0.25, 0.3) is 0 Å². The van der Waals surface area contributed by atoms with E-state index in [0.29, 0.717) is 18.2 Å². The number of halogens is 1. The van der Waals surface area contributed by atoms with Gasteiger partial charge in [0.1, 0.15) is 12.4 Å². The first-order chi connectivity index (χ1) is 8.81. The lowest BCUT2D eigenvalue weighted by Crippen LogP contribution is -2.03. The van der Waals surface area contributed by atoms with E-state index in [1.165, 1.54) is 0 Å². The van der Waals surface area contributed by atoms with Crippen LogP contribution in [-0.2, 0) is 4.74 Å². The lowest BCUT2D eigenvalue weighted by Gasteiger charge is -2.07. The fraction of sp³-hybridized carbons (Fsp3) is 0.214. The molecule has 1 heterocycles. The van der Waals surface area contributed by atoms with Crippen LogP contribution in [0, 0.1) is 0 Å². The number of hydrogen-bond donors (Lipinski definition) is 0. The van der Waals surface area contributed by atoms with E-state index in [1.54, 1.807) is 13.3 Å². The van der Waals surface area contributed by atoms with Gasteiger partial charge in [-0.05, 0) is 36.4 Å². The molecule has 0 aliphatic heterocycles. The Morgan fingerprint density at radius 3 is 2.56 bits per heavy atom. The quantitative estimate of drug-likeness (QED) is 0.775. The van der Waals surface area contributed by atoms with Crippen molar-refractivity contribution in [2.24, 2.45) is 0 Å². The topological polar surface area (TPSA) is 31.4 Å². The summed E-state index contributed by atoms with van der Waals surface area (Å²) >= 11 is 6.09. The van der Waals surface area contributed by atoms with Gasteiger partial charge in [-0.15, -0.1) is 0 Å². The number of rotatable bonds is 5. The van der Waals surface area contributed by atoms with Crippen molar-refractivity contribution in [2.75, 3.05) is 20.3 Å². The zero-order valence-corrected chi connectivity index (χ0v) is 10.9. The summed E-state index contributed by atoms with van der Waals surface area (Å²) in [6.45, 7) is 1.12. The van der Waals surface area contributed by atoms with E-state index in [9.17, 15) is 0 Å². The fourth-order valence-electron chi connectivity index (χ4n) is 1.55. The summed E-state index contributed by atoms with van der Waals surface area (Å²) < 4.78 is 10.4. The number of aromatic nitrogens is 1. The maximum absolute atomic E-state index is 6.09. The molecule has 0 unspecified atom stereocenters. The molecule has 0 atom stereocenters. The molecule has 0 spiro atoms. The standard InChI is InChI=1S/C14H14ClNO2/c1-17-9-10-18-12-6-4-11(5-7-12)14-13(15)3-2-8-16-14/h2-8H,9-10H2,1H3. The van der Waals surface area contributed by atoms with Crippen molar-refractivity contribution < 1.29 is 9.47 Å². The van der Waals surface area contributed by atoms with Crippen LogP contribution in [-0.4, -0.2) is 25.3 Å². The molecule has 2 aromatic rings. The van der Waals surface area contributed by atoms with Gasteiger partial charge >= 0.3 is 0 Å². The summed E-state index contributed by atoms with van der Waals surface area (Å²) in [4.78, 5) is 4.26. The highest BCUT2D eigenvalue weighted by atomic mass is 35.5. The molecular weight excluding hydrogens is 250 g/mol. The van der Waals surface area contributed by atoms with Crippen LogP contribution in [0.5, 0.6) is 5.75 Å². The first-order valence-electron chi connectivity index (χ1n) is 5.64. The predicted molar refractivity (Wildman–Crippen MR) is 72.1 cm³/mol.